The van der Waals surface area contributed by atoms with E-state index in [4.69, 9.17) is 9.52 Å². The third kappa shape index (κ3) is 4.86. The van der Waals surface area contributed by atoms with Crippen molar-refractivity contribution in [2.45, 2.75) is 47.5 Å². The standard InChI is InChI=1S/C16H28N4O.HI/c1-6-17-15(20-10-8-16(4,5)11-20)18-9-7-14-12(2)19-21-13(14)3;/h6-11H2,1-5H3,(H,17,18);1H. The van der Waals surface area contributed by atoms with E-state index >= 15 is 0 Å². The first-order valence-electron chi connectivity index (χ1n) is 7.88. The van der Waals surface area contributed by atoms with Gasteiger partial charge in [-0.1, -0.05) is 19.0 Å². The van der Waals surface area contributed by atoms with Crippen LogP contribution in [0.3, 0.4) is 0 Å². The first-order valence-corrected chi connectivity index (χ1v) is 7.88. The van der Waals surface area contributed by atoms with Gasteiger partial charge in [-0.15, -0.1) is 24.0 Å². The van der Waals surface area contributed by atoms with Crippen molar-refractivity contribution in [3.8, 4) is 0 Å². The van der Waals surface area contributed by atoms with E-state index in [2.05, 4.69) is 36.1 Å². The summed E-state index contributed by atoms with van der Waals surface area (Å²) in [6.45, 7) is 14.5. The molecular weight excluding hydrogens is 391 g/mol. The smallest absolute Gasteiger partial charge is 0.193 e. The molecule has 126 valence electrons. The molecule has 0 atom stereocenters. The van der Waals surface area contributed by atoms with Crippen molar-refractivity contribution in [1.82, 2.24) is 15.4 Å². The van der Waals surface area contributed by atoms with Gasteiger partial charge in [0.05, 0.1) is 5.69 Å². The van der Waals surface area contributed by atoms with Gasteiger partial charge < -0.3 is 14.7 Å². The highest BCUT2D eigenvalue weighted by Gasteiger charge is 2.30. The fraction of sp³-hybridized carbons (Fsp3) is 0.750. The quantitative estimate of drug-likeness (QED) is 0.462. The van der Waals surface area contributed by atoms with E-state index in [1.807, 2.05) is 13.8 Å². The zero-order valence-electron chi connectivity index (χ0n) is 14.4. The van der Waals surface area contributed by atoms with Crippen LogP contribution in [0.25, 0.3) is 0 Å². The van der Waals surface area contributed by atoms with Gasteiger partial charge in [0.15, 0.2) is 5.96 Å². The lowest BCUT2D eigenvalue weighted by Crippen LogP contribution is -2.40. The lowest BCUT2D eigenvalue weighted by Gasteiger charge is -2.23. The van der Waals surface area contributed by atoms with Gasteiger partial charge >= 0.3 is 0 Å². The molecule has 6 heteroatoms. The molecule has 0 amide bonds. The van der Waals surface area contributed by atoms with E-state index in [0.29, 0.717) is 5.41 Å². The second-order valence-electron chi connectivity index (χ2n) is 6.62. The zero-order valence-corrected chi connectivity index (χ0v) is 16.7. The van der Waals surface area contributed by atoms with Crippen LogP contribution in [-0.2, 0) is 6.42 Å². The van der Waals surface area contributed by atoms with E-state index in [9.17, 15) is 0 Å². The molecule has 5 nitrogen and oxygen atoms in total. The average Bonchev–Trinajstić information content (AvgIpc) is 2.93. The minimum Gasteiger partial charge on any atom is -0.361 e. The Morgan fingerprint density at radius 3 is 2.64 bits per heavy atom. The van der Waals surface area contributed by atoms with Crippen LogP contribution in [0.5, 0.6) is 0 Å². The number of guanidine groups is 1. The Morgan fingerprint density at radius 2 is 2.14 bits per heavy atom. The van der Waals surface area contributed by atoms with E-state index in [1.54, 1.807) is 0 Å². The number of hydrogen-bond donors (Lipinski definition) is 1. The highest BCUT2D eigenvalue weighted by Crippen LogP contribution is 2.28. The number of likely N-dealkylation sites (tertiary alicyclic amines) is 1. The first kappa shape index (κ1) is 19.3. The van der Waals surface area contributed by atoms with Gasteiger partial charge in [-0.05, 0) is 39.0 Å². The number of hydrogen-bond acceptors (Lipinski definition) is 3. The Labute approximate surface area is 150 Å². The highest BCUT2D eigenvalue weighted by molar-refractivity contribution is 14.0. The van der Waals surface area contributed by atoms with Crippen LogP contribution in [-0.4, -0.2) is 42.2 Å². The second kappa shape index (κ2) is 8.17. The summed E-state index contributed by atoms with van der Waals surface area (Å²) in [6.07, 6.45) is 2.11. The molecule has 1 fully saturated rings. The number of aryl methyl sites for hydroxylation is 2. The van der Waals surface area contributed by atoms with Gasteiger partial charge in [0, 0.05) is 31.7 Å². The summed E-state index contributed by atoms with van der Waals surface area (Å²) in [5, 5.41) is 7.41. The largest absolute Gasteiger partial charge is 0.361 e. The zero-order chi connectivity index (χ0) is 15.5. The van der Waals surface area contributed by atoms with Gasteiger partial charge in [-0.3, -0.25) is 4.99 Å². The fourth-order valence-electron chi connectivity index (χ4n) is 2.85. The normalized spacial score (nSPS) is 17.5. The SMILES string of the molecule is CCNC(=NCCc1c(C)noc1C)N1CCC(C)(C)C1.I. The molecule has 1 aliphatic rings. The van der Waals surface area contributed by atoms with Crippen LogP contribution in [0.4, 0.5) is 0 Å². The molecule has 2 heterocycles. The van der Waals surface area contributed by atoms with Crippen molar-refractivity contribution in [1.29, 1.82) is 0 Å². The Balaban J connectivity index is 0.00000242. The molecule has 0 aliphatic carbocycles. The molecule has 2 rings (SSSR count). The van der Waals surface area contributed by atoms with Crippen molar-refractivity contribution in [3.63, 3.8) is 0 Å². The molecular formula is C16H29IN4O. The molecule has 0 spiro atoms. The van der Waals surface area contributed by atoms with Gasteiger partial charge in [0.2, 0.25) is 0 Å². The molecule has 0 aromatic carbocycles. The van der Waals surface area contributed by atoms with Gasteiger partial charge in [0.25, 0.3) is 0 Å². The molecule has 1 aromatic heterocycles. The summed E-state index contributed by atoms with van der Waals surface area (Å²) < 4.78 is 5.20. The Kier molecular flexibility index (Phi) is 7.15. The minimum absolute atomic E-state index is 0. The highest BCUT2D eigenvalue weighted by atomic mass is 127. The van der Waals surface area contributed by atoms with Crippen molar-refractivity contribution < 1.29 is 4.52 Å². The lowest BCUT2D eigenvalue weighted by molar-refractivity contribution is 0.370. The molecule has 1 saturated heterocycles. The Morgan fingerprint density at radius 1 is 1.41 bits per heavy atom. The summed E-state index contributed by atoms with van der Waals surface area (Å²) in [5.74, 6) is 1.95. The van der Waals surface area contributed by atoms with Crippen LogP contribution in [0.1, 0.15) is 44.2 Å². The third-order valence-corrected chi connectivity index (χ3v) is 4.12. The number of nitrogens with zero attached hydrogens (tertiary/aromatic N) is 3. The molecule has 0 radical (unpaired) electrons. The molecule has 1 aliphatic heterocycles. The number of rotatable bonds is 4. The second-order valence-corrected chi connectivity index (χ2v) is 6.62. The lowest BCUT2D eigenvalue weighted by atomic mass is 9.93. The van der Waals surface area contributed by atoms with Crippen LogP contribution in [0, 0.1) is 19.3 Å². The van der Waals surface area contributed by atoms with Gasteiger partial charge in [0.1, 0.15) is 5.76 Å². The number of nitrogens with one attached hydrogen (secondary N) is 1. The van der Waals surface area contributed by atoms with Gasteiger partial charge in [-0.25, -0.2) is 0 Å². The molecule has 1 N–H and O–H groups in total. The minimum atomic E-state index is 0. The van der Waals surface area contributed by atoms with E-state index in [-0.39, 0.29) is 24.0 Å². The van der Waals surface area contributed by atoms with E-state index in [1.165, 1.54) is 12.0 Å². The Bertz CT molecular complexity index is 491. The first-order chi connectivity index (χ1) is 9.93. The predicted molar refractivity (Wildman–Crippen MR) is 101 cm³/mol. The van der Waals surface area contributed by atoms with Crippen LogP contribution < -0.4 is 5.32 Å². The van der Waals surface area contributed by atoms with Crippen LogP contribution in [0.2, 0.25) is 0 Å². The maximum atomic E-state index is 5.20. The van der Waals surface area contributed by atoms with Crippen LogP contribution >= 0.6 is 24.0 Å². The van der Waals surface area contributed by atoms with Crippen molar-refractivity contribution >= 4 is 29.9 Å². The topological polar surface area (TPSA) is 53.7 Å². The average molecular weight is 420 g/mol. The molecule has 22 heavy (non-hydrogen) atoms. The van der Waals surface area contributed by atoms with Crippen molar-refractivity contribution in [2.75, 3.05) is 26.2 Å². The predicted octanol–water partition coefficient (Wildman–Crippen LogP) is 3.15. The molecule has 0 saturated carbocycles. The number of aliphatic imine (C=N–C) groups is 1. The molecule has 1 aromatic rings. The van der Waals surface area contributed by atoms with Gasteiger partial charge in [-0.2, -0.15) is 0 Å². The third-order valence-electron chi connectivity index (χ3n) is 4.12. The summed E-state index contributed by atoms with van der Waals surface area (Å²) in [7, 11) is 0. The monoisotopic (exact) mass is 420 g/mol. The number of aromatic nitrogens is 1. The Hall–Kier alpha value is -0.790. The fourth-order valence-corrected chi connectivity index (χ4v) is 2.85. The molecule has 0 bridgehead atoms. The van der Waals surface area contributed by atoms with Crippen molar-refractivity contribution in [2.24, 2.45) is 10.4 Å². The summed E-state index contributed by atoms with van der Waals surface area (Å²) in [6, 6.07) is 0. The van der Waals surface area contributed by atoms with E-state index in [0.717, 1.165) is 50.0 Å². The summed E-state index contributed by atoms with van der Waals surface area (Å²) >= 11 is 0. The maximum absolute atomic E-state index is 5.20. The molecule has 0 unspecified atom stereocenters. The maximum Gasteiger partial charge on any atom is 0.193 e. The van der Waals surface area contributed by atoms with Crippen LogP contribution in [0.15, 0.2) is 9.52 Å². The van der Waals surface area contributed by atoms with E-state index < -0.39 is 0 Å². The summed E-state index contributed by atoms with van der Waals surface area (Å²) in [4.78, 5) is 7.15. The van der Waals surface area contributed by atoms with Crippen molar-refractivity contribution in [3.05, 3.63) is 17.0 Å². The number of halogens is 1. The summed E-state index contributed by atoms with van der Waals surface area (Å²) in [5.41, 5.74) is 2.56.